The molecule has 0 aromatic carbocycles. The Balaban J connectivity index is 2.20. The Kier molecular flexibility index (Phi) is 5.18. The van der Waals surface area contributed by atoms with Gasteiger partial charge in [0, 0.05) is 29.7 Å². The fourth-order valence-electron chi connectivity index (χ4n) is 1.87. The van der Waals surface area contributed by atoms with Crippen LogP contribution in [-0.2, 0) is 6.42 Å². The van der Waals surface area contributed by atoms with Gasteiger partial charge in [-0.2, -0.15) is 0 Å². The summed E-state index contributed by atoms with van der Waals surface area (Å²) in [4.78, 5) is 5.37. The molecule has 0 aliphatic carbocycles. The first-order chi connectivity index (χ1) is 8.70. The summed E-state index contributed by atoms with van der Waals surface area (Å²) in [5, 5.41) is 4.20. The maximum Gasteiger partial charge on any atom is 0.0701 e. The molecule has 0 spiro atoms. The van der Waals surface area contributed by atoms with Gasteiger partial charge in [-0.1, -0.05) is 18.5 Å². The van der Waals surface area contributed by atoms with E-state index in [2.05, 4.69) is 45.3 Å². The standard InChI is InChI=1S/C13H14BrClN2S/c1-2-17-12(7-9-3-4-13(14)18-9)10-5-6-16-8-11(10)15/h3-6,8,12,17H,2,7H2,1H3. The first-order valence-electron chi connectivity index (χ1n) is 5.77. The number of thiophene rings is 1. The van der Waals surface area contributed by atoms with Crippen molar-refractivity contribution >= 4 is 38.9 Å². The van der Waals surface area contributed by atoms with Crippen LogP contribution in [0.5, 0.6) is 0 Å². The predicted octanol–water partition coefficient (Wildman–Crippen LogP) is 4.45. The van der Waals surface area contributed by atoms with Crippen LogP contribution in [0.25, 0.3) is 0 Å². The Bertz CT molecular complexity index is 515. The minimum absolute atomic E-state index is 0.232. The van der Waals surface area contributed by atoms with Gasteiger partial charge in [-0.25, -0.2) is 0 Å². The van der Waals surface area contributed by atoms with Crippen molar-refractivity contribution in [3.05, 3.63) is 49.8 Å². The maximum absolute atomic E-state index is 6.22. The molecule has 2 aromatic heterocycles. The average Bonchev–Trinajstić information content (AvgIpc) is 2.75. The van der Waals surface area contributed by atoms with Gasteiger partial charge in [-0.05, 0) is 46.2 Å². The molecule has 1 N–H and O–H groups in total. The second-order valence-electron chi connectivity index (χ2n) is 3.92. The van der Waals surface area contributed by atoms with Crippen LogP contribution in [0.4, 0.5) is 0 Å². The summed E-state index contributed by atoms with van der Waals surface area (Å²) in [5.74, 6) is 0. The van der Waals surface area contributed by atoms with Gasteiger partial charge in [-0.15, -0.1) is 11.3 Å². The highest BCUT2D eigenvalue weighted by Crippen LogP contribution is 2.29. The van der Waals surface area contributed by atoms with Crippen LogP contribution in [0.1, 0.15) is 23.4 Å². The number of likely N-dealkylation sites (N-methyl/N-ethyl adjacent to an activating group) is 1. The lowest BCUT2D eigenvalue weighted by molar-refractivity contribution is 0.553. The Morgan fingerprint density at radius 1 is 1.44 bits per heavy atom. The number of hydrogen-bond acceptors (Lipinski definition) is 3. The van der Waals surface area contributed by atoms with Crippen molar-refractivity contribution in [3.63, 3.8) is 0 Å². The Labute approximate surface area is 125 Å². The van der Waals surface area contributed by atoms with Crippen molar-refractivity contribution < 1.29 is 0 Å². The highest BCUT2D eigenvalue weighted by molar-refractivity contribution is 9.11. The number of halogens is 2. The molecule has 2 rings (SSSR count). The molecule has 96 valence electrons. The van der Waals surface area contributed by atoms with Gasteiger partial charge < -0.3 is 5.32 Å². The zero-order valence-corrected chi connectivity index (χ0v) is 13.1. The summed E-state index contributed by atoms with van der Waals surface area (Å²) in [7, 11) is 0. The highest BCUT2D eigenvalue weighted by atomic mass is 79.9. The smallest absolute Gasteiger partial charge is 0.0701 e. The lowest BCUT2D eigenvalue weighted by Crippen LogP contribution is -2.23. The first kappa shape index (κ1) is 14.0. The van der Waals surface area contributed by atoms with Gasteiger partial charge in [0.1, 0.15) is 0 Å². The quantitative estimate of drug-likeness (QED) is 0.866. The van der Waals surface area contributed by atoms with E-state index in [0.29, 0.717) is 0 Å². The SMILES string of the molecule is CCNC(Cc1ccc(Br)s1)c1ccncc1Cl. The van der Waals surface area contributed by atoms with E-state index in [9.17, 15) is 0 Å². The maximum atomic E-state index is 6.22. The molecule has 18 heavy (non-hydrogen) atoms. The zero-order chi connectivity index (χ0) is 13.0. The number of nitrogens with one attached hydrogen (secondary N) is 1. The Morgan fingerprint density at radius 3 is 2.89 bits per heavy atom. The minimum atomic E-state index is 0.232. The third-order valence-electron chi connectivity index (χ3n) is 2.66. The van der Waals surface area contributed by atoms with Crippen molar-refractivity contribution in [2.45, 2.75) is 19.4 Å². The Morgan fingerprint density at radius 2 is 2.28 bits per heavy atom. The molecule has 1 unspecified atom stereocenters. The van der Waals surface area contributed by atoms with Crippen LogP contribution < -0.4 is 5.32 Å². The number of pyridine rings is 1. The van der Waals surface area contributed by atoms with Gasteiger partial charge in [0.2, 0.25) is 0 Å². The summed E-state index contributed by atoms with van der Waals surface area (Å²) < 4.78 is 1.16. The second-order valence-corrected chi connectivity index (χ2v) is 6.87. The highest BCUT2D eigenvalue weighted by Gasteiger charge is 2.15. The molecule has 0 aliphatic heterocycles. The minimum Gasteiger partial charge on any atom is -0.310 e. The van der Waals surface area contributed by atoms with Crippen LogP contribution in [0, 0.1) is 0 Å². The van der Waals surface area contributed by atoms with Crippen molar-refractivity contribution in [2.75, 3.05) is 6.54 Å². The van der Waals surface area contributed by atoms with Crippen molar-refractivity contribution in [2.24, 2.45) is 0 Å². The van der Waals surface area contributed by atoms with E-state index in [1.54, 1.807) is 23.7 Å². The van der Waals surface area contributed by atoms with Crippen molar-refractivity contribution in [1.82, 2.24) is 10.3 Å². The normalized spacial score (nSPS) is 12.6. The summed E-state index contributed by atoms with van der Waals surface area (Å²) >= 11 is 11.5. The molecule has 0 bridgehead atoms. The van der Waals surface area contributed by atoms with Gasteiger partial charge in [0.15, 0.2) is 0 Å². The van der Waals surface area contributed by atoms with E-state index in [1.807, 2.05) is 6.07 Å². The summed E-state index contributed by atoms with van der Waals surface area (Å²) in [6.07, 6.45) is 4.43. The molecule has 1 atom stereocenters. The van der Waals surface area contributed by atoms with Crippen molar-refractivity contribution in [1.29, 1.82) is 0 Å². The lowest BCUT2D eigenvalue weighted by Gasteiger charge is -2.18. The molecule has 0 saturated carbocycles. The predicted molar refractivity (Wildman–Crippen MR) is 81.4 cm³/mol. The van der Waals surface area contributed by atoms with E-state index in [1.165, 1.54) is 4.88 Å². The third kappa shape index (κ3) is 3.54. The molecule has 0 saturated heterocycles. The van der Waals surface area contributed by atoms with E-state index in [0.717, 1.165) is 27.3 Å². The first-order valence-corrected chi connectivity index (χ1v) is 7.76. The largest absolute Gasteiger partial charge is 0.310 e. The second kappa shape index (κ2) is 6.66. The molecule has 0 fully saturated rings. The van der Waals surface area contributed by atoms with Gasteiger partial charge in [0.05, 0.1) is 8.81 Å². The average molecular weight is 346 g/mol. The number of hydrogen-bond donors (Lipinski definition) is 1. The van der Waals surface area contributed by atoms with Crippen LogP contribution in [0.3, 0.4) is 0 Å². The van der Waals surface area contributed by atoms with Crippen LogP contribution >= 0.6 is 38.9 Å². The molecule has 2 aromatic rings. The third-order valence-corrected chi connectivity index (χ3v) is 4.63. The molecule has 5 heteroatoms. The number of aromatic nitrogens is 1. The van der Waals surface area contributed by atoms with E-state index >= 15 is 0 Å². The fourth-order valence-corrected chi connectivity index (χ4v) is 3.65. The fraction of sp³-hybridized carbons (Fsp3) is 0.308. The van der Waals surface area contributed by atoms with Crippen molar-refractivity contribution in [3.8, 4) is 0 Å². The molecular weight excluding hydrogens is 332 g/mol. The van der Waals surface area contributed by atoms with Gasteiger partial charge in [0.25, 0.3) is 0 Å². The molecule has 0 radical (unpaired) electrons. The van der Waals surface area contributed by atoms with Crippen LogP contribution in [0.2, 0.25) is 5.02 Å². The van der Waals surface area contributed by atoms with Gasteiger partial charge >= 0.3 is 0 Å². The number of nitrogens with zero attached hydrogens (tertiary/aromatic N) is 1. The van der Waals surface area contributed by atoms with E-state index in [-0.39, 0.29) is 6.04 Å². The number of rotatable bonds is 5. The summed E-state index contributed by atoms with van der Waals surface area (Å²) in [6.45, 7) is 3.02. The van der Waals surface area contributed by atoms with Gasteiger partial charge in [-0.3, -0.25) is 4.98 Å². The lowest BCUT2D eigenvalue weighted by atomic mass is 10.0. The monoisotopic (exact) mass is 344 g/mol. The molecule has 0 aliphatic rings. The Hall–Kier alpha value is -0.420. The van der Waals surface area contributed by atoms with E-state index in [4.69, 9.17) is 11.6 Å². The molecule has 2 heterocycles. The summed E-state index contributed by atoms with van der Waals surface area (Å²) in [5.41, 5.74) is 1.11. The summed E-state index contributed by atoms with van der Waals surface area (Å²) in [6, 6.07) is 6.44. The zero-order valence-electron chi connectivity index (χ0n) is 9.99. The van der Waals surface area contributed by atoms with E-state index < -0.39 is 0 Å². The molecular formula is C13H14BrClN2S. The topological polar surface area (TPSA) is 24.9 Å². The molecule has 0 amide bonds. The molecule has 2 nitrogen and oxygen atoms in total. The van der Waals surface area contributed by atoms with Crippen LogP contribution in [-0.4, -0.2) is 11.5 Å². The van der Waals surface area contributed by atoms with Crippen LogP contribution in [0.15, 0.2) is 34.4 Å².